The standard InChI is InChI=1S/C13H16ClNO/c1-8-2-3-9-10-6-15-5-4-12(10)16-7-11(9)13(8)14/h2-3,10,12,15H,4-7H2,1H3/t10-,12-/m1/s1. The van der Waals surface area contributed by atoms with E-state index in [-0.39, 0.29) is 0 Å². The summed E-state index contributed by atoms with van der Waals surface area (Å²) in [5.41, 5.74) is 3.73. The lowest BCUT2D eigenvalue weighted by molar-refractivity contribution is -0.00677. The highest BCUT2D eigenvalue weighted by Gasteiger charge is 2.33. The van der Waals surface area contributed by atoms with Gasteiger partial charge in [0.2, 0.25) is 0 Å². The molecule has 0 radical (unpaired) electrons. The fourth-order valence-electron chi connectivity index (χ4n) is 2.78. The molecule has 2 heterocycles. The Morgan fingerprint density at radius 1 is 1.44 bits per heavy atom. The van der Waals surface area contributed by atoms with Crippen molar-refractivity contribution in [1.29, 1.82) is 0 Å². The Labute approximate surface area is 101 Å². The molecule has 0 aliphatic carbocycles. The zero-order valence-corrected chi connectivity index (χ0v) is 10.2. The maximum atomic E-state index is 6.34. The molecular formula is C13H16ClNO. The third-order valence-electron chi connectivity index (χ3n) is 3.73. The van der Waals surface area contributed by atoms with E-state index in [0.29, 0.717) is 18.6 Å². The average molecular weight is 238 g/mol. The SMILES string of the molecule is Cc1ccc2c(c1Cl)CO[C@@H]1CCNC[C@H]21. The second kappa shape index (κ2) is 4.02. The van der Waals surface area contributed by atoms with Gasteiger partial charge in [-0.25, -0.2) is 0 Å². The van der Waals surface area contributed by atoms with Crippen LogP contribution in [0.4, 0.5) is 0 Å². The normalized spacial score (nSPS) is 28.4. The zero-order chi connectivity index (χ0) is 11.1. The van der Waals surface area contributed by atoms with E-state index < -0.39 is 0 Å². The number of fused-ring (bicyclic) bond motifs is 3. The molecule has 2 aliphatic heterocycles. The van der Waals surface area contributed by atoms with Gasteiger partial charge >= 0.3 is 0 Å². The maximum Gasteiger partial charge on any atom is 0.0738 e. The number of rotatable bonds is 0. The largest absolute Gasteiger partial charge is 0.373 e. The number of hydrogen-bond donors (Lipinski definition) is 1. The van der Waals surface area contributed by atoms with E-state index in [9.17, 15) is 0 Å². The Hall–Kier alpha value is -0.570. The van der Waals surface area contributed by atoms with Gasteiger partial charge in [0.1, 0.15) is 0 Å². The second-order valence-electron chi connectivity index (χ2n) is 4.71. The molecule has 0 spiro atoms. The highest BCUT2D eigenvalue weighted by molar-refractivity contribution is 6.32. The Bertz CT molecular complexity index is 419. The number of ether oxygens (including phenoxy) is 1. The van der Waals surface area contributed by atoms with Crippen molar-refractivity contribution >= 4 is 11.6 Å². The molecule has 0 aromatic heterocycles. The summed E-state index contributed by atoms with van der Waals surface area (Å²) in [4.78, 5) is 0. The Kier molecular flexibility index (Phi) is 2.66. The number of aryl methyl sites for hydroxylation is 1. The van der Waals surface area contributed by atoms with E-state index in [1.165, 1.54) is 11.1 Å². The highest BCUT2D eigenvalue weighted by atomic mass is 35.5. The van der Waals surface area contributed by atoms with Gasteiger partial charge in [-0.05, 0) is 31.0 Å². The van der Waals surface area contributed by atoms with Gasteiger partial charge in [0.05, 0.1) is 12.7 Å². The van der Waals surface area contributed by atoms with Crippen molar-refractivity contribution in [2.24, 2.45) is 0 Å². The lowest BCUT2D eigenvalue weighted by Crippen LogP contribution is -2.42. The minimum absolute atomic E-state index is 0.382. The van der Waals surface area contributed by atoms with Crippen molar-refractivity contribution in [2.75, 3.05) is 13.1 Å². The van der Waals surface area contributed by atoms with Crippen molar-refractivity contribution in [3.05, 3.63) is 33.8 Å². The fourth-order valence-corrected chi connectivity index (χ4v) is 3.01. The van der Waals surface area contributed by atoms with Gasteiger partial charge in [-0.2, -0.15) is 0 Å². The topological polar surface area (TPSA) is 21.3 Å². The quantitative estimate of drug-likeness (QED) is 0.749. The van der Waals surface area contributed by atoms with Gasteiger partial charge in [-0.1, -0.05) is 23.7 Å². The molecule has 2 aliphatic rings. The summed E-state index contributed by atoms with van der Waals surface area (Å²) < 4.78 is 5.92. The summed E-state index contributed by atoms with van der Waals surface area (Å²) in [5.74, 6) is 0.482. The van der Waals surface area contributed by atoms with Crippen molar-refractivity contribution in [3.63, 3.8) is 0 Å². The van der Waals surface area contributed by atoms with Gasteiger partial charge in [-0.15, -0.1) is 0 Å². The summed E-state index contributed by atoms with van der Waals surface area (Å²) in [5, 5.41) is 4.33. The van der Waals surface area contributed by atoms with Crippen molar-refractivity contribution < 1.29 is 4.74 Å². The number of nitrogens with one attached hydrogen (secondary N) is 1. The molecule has 1 N–H and O–H groups in total. The van der Waals surface area contributed by atoms with Crippen LogP contribution in [-0.4, -0.2) is 19.2 Å². The lowest BCUT2D eigenvalue weighted by atomic mass is 9.83. The monoisotopic (exact) mass is 237 g/mol. The molecule has 3 rings (SSSR count). The summed E-state index contributed by atoms with van der Waals surface area (Å²) >= 11 is 6.34. The minimum Gasteiger partial charge on any atom is -0.373 e. The van der Waals surface area contributed by atoms with Crippen molar-refractivity contribution in [2.45, 2.75) is 32.0 Å². The Balaban J connectivity index is 2.05. The molecule has 3 heteroatoms. The predicted molar refractivity (Wildman–Crippen MR) is 65.0 cm³/mol. The van der Waals surface area contributed by atoms with Crippen LogP contribution in [0.3, 0.4) is 0 Å². The molecule has 0 amide bonds. The number of halogens is 1. The summed E-state index contributed by atoms with van der Waals surface area (Å²) in [6, 6.07) is 4.35. The molecule has 0 bridgehead atoms. The van der Waals surface area contributed by atoms with Crippen LogP contribution in [-0.2, 0) is 11.3 Å². The first-order valence-electron chi connectivity index (χ1n) is 5.87. The smallest absolute Gasteiger partial charge is 0.0738 e. The maximum absolute atomic E-state index is 6.34. The first-order valence-corrected chi connectivity index (χ1v) is 6.25. The molecule has 1 fully saturated rings. The van der Waals surface area contributed by atoms with Crippen LogP contribution in [0.15, 0.2) is 12.1 Å². The van der Waals surface area contributed by atoms with Gasteiger partial charge < -0.3 is 10.1 Å². The number of piperidine rings is 1. The summed E-state index contributed by atoms with van der Waals surface area (Å²) in [6.07, 6.45) is 1.49. The Morgan fingerprint density at radius 2 is 2.31 bits per heavy atom. The second-order valence-corrected chi connectivity index (χ2v) is 5.09. The van der Waals surface area contributed by atoms with Crippen LogP contribution in [0.2, 0.25) is 5.02 Å². The van der Waals surface area contributed by atoms with Crippen LogP contribution in [0, 0.1) is 6.92 Å². The van der Waals surface area contributed by atoms with E-state index in [1.807, 2.05) is 6.92 Å². The first kappa shape index (κ1) is 10.6. The molecule has 1 saturated heterocycles. The molecule has 2 atom stereocenters. The van der Waals surface area contributed by atoms with E-state index in [4.69, 9.17) is 16.3 Å². The van der Waals surface area contributed by atoms with E-state index in [1.54, 1.807) is 0 Å². The first-order chi connectivity index (χ1) is 7.77. The molecular weight excluding hydrogens is 222 g/mol. The average Bonchev–Trinajstić information content (AvgIpc) is 2.33. The lowest BCUT2D eigenvalue weighted by Gasteiger charge is -2.38. The van der Waals surface area contributed by atoms with Gasteiger partial charge in [-0.3, -0.25) is 0 Å². The molecule has 86 valence electrons. The molecule has 2 nitrogen and oxygen atoms in total. The molecule has 16 heavy (non-hydrogen) atoms. The third kappa shape index (κ3) is 1.56. The fraction of sp³-hybridized carbons (Fsp3) is 0.538. The van der Waals surface area contributed by atoms with E-state index in [0.717, 1.165) is 30.1 Å². The van der Waals surface area contributed by atoms with Gasteiger partial charge in [0, 0.05) is 23.0 Å². The summed E-state index contributed by atoms with van der Waals surface area (Å²) in [6.45, 7) is 4.80. The van der Waals surface area contributed by atoms with Crippen molar-refractivity contribution in [3.8, 4) is 0 Å². The summed E-state index contributed by atoms with van der Waals surface area (Å²) in [7, 11) is 0. The van der Waals surface area contributed by atoms with Crippen molar-refractivity contribution in [1.82, 2.24) is 5.32 Å². The van der Waals surface area contributed by atoms with Crippen LogP contribution >= 0.6 is 11.6 Å². The van der Waals surface area contributed by atoms with E-state index >= 15 is 0 Å². The molecule has 0 saturated carbocycles. The van der Waals surface area contributed by atoms with Crippen LogP contribution in [0.5, 0.6) is 0 Å². The van der Waals surface area contributed by atoms with Crippen LogP contribution in [0.1, 0.15) is 29.0 Å². The van der Waals surface area contributed by atoms with Crippen LogP contribution in [0.25, 0.3) is 0 Å². The zero-order valence-electron chi connectivity index (χ0n) is 9.42. The number of hydrogen-bond acceptors (Lipinski definition) is 2. The van der Waals surface area contributed by atoms with E-state index in [2.05, 4.69) is 17.4 Å². The van der Waals surface area contributed by atoms with Gasteiger partial charge in [0.15, 0.2) is 0 Å². The number of benzene rings is 1. The molecule has 1 aromatic carbocycles. The predicted octanol–water partition coefficient (Wildman–Crippen LogP) is 2.62. The minimum atomic E-state index is 0.382. The molecule has 0 unspecified atom stereocenters. The third-order valence-corrected chi connectivity index (χ3v) is 4.26. The van der Waals surface area contributed by atoms with Crippen LogP contribution < -0.4 is 5.32 Å². The van der Waals surface area contributed by atoms with Gasteiger partial charge in [0.25, 0.3) is 0 Å². The Morgan fingerprint density at radius 3 is 3.19 bits per heavy atom. The highest BCUT2D eigenvalue weighted by Crippen LogP contribution is 2.38. The molecule has 1 aromatic rings.